The van der Waals surface area contributed by atoms with Crippen LogP contribution in [0.2, 0.25) is 0 Å². The highest BCUT2D eigenvalue weighted by molar-refractivity contribution is 14.1. The summed E-state index contributed by atoms with van der Waals surface area (Å²) in [5, 5.41) is 9.25. The van der Waals surface area contributed by atoms with Crippen LogP contribution in [0.1, 0.15) is 24.8 Å². The molecule has 0 bridgehead atoms. The molecule has 0 aliphatic heterocycles. The molecule has 0 aliphatic rings. The molecule has 15 heavy (non-hydrogen) atoms. The molecule has 0 aromatic heterocycles. The second kappa shape index (κ2) is 5.34. The van der Waals surface area contributed by atoms with Crippen molar-refractivity contribution < 1.29 is 14.6 Å². The Morgan fingerprint density at radius 3 is 2.80 bits per heavy atom. The first-order valence-corrected chi connectivity index (χ1v) is 5.67. The van der Waals surface area contributed by atoms with E-state index in [0.717, 1.165) is 9.13 Å². The van der Waals surface area contributed by atoms with Crippen molar-refractivity contribution in [1.29, 1.82) is 0 Å². The van der Waals surface area contributed by atoms with Gasteiger partial charge in [-0.1, -0.05) is 13.0 Å². The van der Waals surface area contributed by atoms with Gasteiger partial charge in [-0.2, -0.15) is 0 Å². The van der Waals surface area contributed by atoms with E-state index < -0.39 is 0 Å². The number of esters is 1. The Morgan fingerprint density at radius 1 is 1.60 bits per heavy atom. The summed E-state index contributed by atoms with van der Waals surface area (Å²) in [5.74, 6) is 0.129. The summed E-state index contributed by atoms with van der Waals surface area (Å²) in [4.78, 5) is 11.1. The lowest BCUT2D eigenvalue weighted by atomic mass is 9.98. The van der Waals surface area contributed by atoms with Crippen LogP contribution in [-0.4, -0.2) is 18.2 Å². The largest absolute Gasteiger partial charge is 0.508 e. The zero-order chi connectivity index (χ0) is 11.4. The number of carbonyl (C=O) groups excluding carboxylic acids is 1. The number of phenolic OH excluding ortho intramolecular Hbond substituents is 1. The third-order valence-corrected chi connectivity index (χ3v) is 3.15. The van der Waals surface area contributed by atoms with E-state index in [4.69, 9.17) is 0 Å². The van der Waals surface area contributed by atoms with Crippen molar-refractivity contribution in [2.24, 2.45) is 0 Å². The van der Waals surface area contributed by atoms with Crippen LogP contribution in [0, 0.1) is 3.57 Å². The van der Waals surface area contributed by atoms with Gasteiger partial charge in [-0.05, 0) is 46.2 Å². The quantitative estimate of drug-likeness (QED) is 0.688. The molecular weight excluding hydrogens is 307 g/mol. The lowest BCUT2D eigenvalue weighted by Gasteiger charge is -2.12. The summed E-state index contributed by atoms with van der Waals surface area (Å²) < 4.78 is 5.58. The molecule has 0 amide bonds. The first-order chi connectivity index (χ1) is 7.04. The molecule has 1 aromatic carbocycles. The van der Waals surface area contributed by atoms with Crippen molar-refractivity contribution in [2.45, 2.75) is 19.3 Å². The van der Waals surface area contributed by atoms with E-state index in [9.17, 15) is 9.90 Å². The van der Waals surface area contributed by atoms with Crippen molar-refractivity contribution in [3.8, 4) is 5.75 Å². The Hall–Kier alpha value is -0.780. The third-order valence-electron chi connectivity index (χ3n) is 2.22. The van der Waals surface area contributed by atoms with Gasteiger partial charge in [0.2, 0.25) is 0 Å². The van der Waals surface area contributed by atoms with E-state index >= 15 is 0 Å². The van der Waals surface area contributed by atoms with Crippen LogP contribution in [-0.2, 0) is 9.53 Å². The van der Waals surface area contributed by atoms with E-state index in [1.165, 1.54) is 7.11 Å². The van der Waals surface area contributed by atoms with Gasteiger partial charge < -0.3 is 9.84 Å². The average Bonchev–Trinajstić information content (AvgIpc) is 2.17. The molecule has 1 rings (SSSR count). The monoisotopic (exact) mass is 320 g/mol. The summed E-state index contributed by atoms with van der Waals surface area (Å²) in [5.41, 5.74) is 1.05. The van der Waals surface area contributed by atoms with Gasteiger partial charge in [0.25, 0.3) is 0 Å². The minimum atomic E-state index is -0.216. The number of halogens is 1. The van der Waals surface area contributed by atoms with Crippen LogP contribution in [0.3, 0.4) is 0 Å². The van der Waals surface area contributed by atoms with Crippen LogP contribution in [0.25, 0.3) is 0 Å². The number of benzene rings is 1. The topological polar surface area (TPSA) is 46.5 Å². The molecule has 3 nitrogen and oxygen atoms in total. The predicted molar refractivity (Wildman–Crippen MR) is 65.9 cm³/mol. The van der Waals surface area contributed by atoms with Crippen LogP contribution >= 0.6 is 22.6 Å². The molecule has 1 unspecified atom stereocenters. The van der Waals surface area contributed by atoms with Gasteiger partial charge in [0.05, 0.1) is 13.5 Å². The average molecular weight is 320 g/mol. The number of hydrogen-bond donors (Lipinski definition) is 1. The fraction of sp³-hybridized carbons (Fsp3) is 0.364. The second-order valence-corrected chi connectivity index (χ2v) is 4.55. The molecule has 0 heterocycles. The fourth-order valence-electron chi connectivity index (χ4n) is 1.36. The van der Waals surface area contributed by atoms with Gasteiger partial charge in [0.15, 0.2) is 0 Å². The maximum absolute atomic E-state index is 11.1. The molecule has 1 aromatic rings. The molecule has 0 saturated heterocycles. The Balaban J connectivity index is 2.82. The van der Waals surface area contributed by atoms with Crippen LogP contribution in [0.15, 0.2) is 18.2 Å². The standard InChI is InChI=1S/C11H13IO3/c1-7(5-11(14)15-2)9-4-3-8(13)6-10(9)12/h3-4,6-7,13H,5H2,1-2H3. The smallest absolute Gasteiger partial charge is 0.306 e. The normalized spacial score (nSPS) is 12.2. The number of aromatic hydroxyl groups is 1. The molecule has 0 fully saturated rings. The molecule has 82 valence electrons. The van der Waals surface area contributed by atoms with E-state index in [2.05, 4.69) is 27.3 Å². The molecular formula is C11H13IO3. The SMILES string of the molecule is COC(=O)CC(C)c1ccc(O)cc1I. The van der Waals surface area contributed by atoms with Crippen LogP contribution in [0.5, 0.6) is 5.75 Å². The highest BCUT2D eigenvalue weighted by atomic mass is 127. The van der Waals surface area contributed by atoms with E-state index in [1.807, 2.05) is 13.0 Å². The van der Waals surface area contributed by atoms with Gasteiger partial charge >= 0.3 is 5.97 Å². The van der Waals surface area contributed by atoms with Crippen LogP contribution in [0.4, 0.5) is 0 Å². The first kappa shape index (κ1) is 12.3. The highest BCUT2D eigenvalue weighted by Gasteiger charge is 2.14. The molecule has 1 atom stereocenters. The number of phenols is 1. The van der Waals surface area contributed by atoms with E-state index in [1.54, 1.807) is 12.1 Å². The lowest BCUT2D eigenvalue weighted by Crippen LogP contribution is -2.07. The maximum Gasteiger partial charge on any atom is 0.306 e. The van der Waals surface area contributed by atoms with Crippen molar-refractivity contribution in [3.63, 3.8) is 0 Å². The van der Waals surface area contributed by atoms with Crippen molar-refractivity contribution in [2.75, 3.05) is 7.11 Å². The summed E-state index contributed by atoms with van der Waals surface area (Å²) in [6.45, 7) is 1.96. The highest BCUT2D eigenvalue weighted by Crippen LogP contribution is 2.27. The molecule has 0 saturated carbocycles. The first-order valence-electron chi connectivity index (χ1n) is 4.59. The van der Waals surface area contributed by atoms with Gasteiger partial charge in [0, 0.05) is 3.57 Å². The van der Waals surface area contributed by atoms with Crippen LogP contribution < -0.4 is 0 Å². The zero-order valence-corrected chi connectivity index (χ0v) is 10.8. The Labute approximate surface area is 103 Å². The minimum Gasteiger partial charge on any atom is -0.508 e. The zero-order valence-electron chi connectivity index (χ0n) is 8.66. The Bertz CT molecular complexity index is 363. The van der Waals surface area contributed by atoms with Gasteiger partial charge in [-0.15, -0.1) is 0 Å². The van der Waals surface area contributed by atoms with Crippen molar-refractivity contribution in [1.82, 2.24) is 0 Å². The second-order valence-electron chi connectivity index (χ2n) is 3.39. The summed E-state index contributed by atoms with van der Waals surface area (Å²) in [6, 6.07) is 5.15. The van der Waals surface area contributed by atoms with Gasteiger partial charge in [-0.3, -0.25) is 4.79 Å². The summed E-state index contributed by atoms with van der Waals surface area (Å²) >= 11 is 2.15. The minimum absolute atomic E-state index is 0.102. The van der Waals surface area contributed by atoms with E-state index in [-0.39, 0.29) is 17.6 Å². The molecule has 1 N–H and O–H groups in total. The van der Waals surface area contributed by atoms with Gasteiger partial charge in [0.1, 0.15) is 5.75 Å². The Kier molecular flexibility index (Phi) is 4.38. The molecule has 4 heteroatoms. The number of hydrogen-bond acceptors (Lipinski definition) is 3. The molecule has 0 radical (unpaired) electrons. The predicted octanol–water partition coefficient (Wildman–Crippen LogP) is 2.66. The molecule has 0 aliphatic carbocycles. The van der Waals surface area contributed by atoms with Crippen molar-refractivity contribution in [3.05, 3.63) is 27.3 Å². The number of rotatable bonds is 3. The van der Waals surface area contributed by atoms with Gasteiger partial charge in [-0.25, -0.2) is 0 Å². The number of ether oxygens (including phenoxy) is 1. The van der Waals surface area contributed by atoms with E-state index in [0.29, 0.717) is 6.42 Å². The van der Waals surface area contributed by atoms with Crippen molar-refractivity contribution >= 4 is 28.6 Å². The number of methoxy groups -OCH3 is 1. The summed E-state index contributed by atoms with van der Waals surface area (Å²) in [6.07, 6.45) is 0.358. The fourth-order valence-corrected chi connectivity index (χ4v) is 2.39. The lowest BCUT2D eigenvalue weighted by molar-refractivity contribution is -0.140. The Morgan fingerprint density at radius 2 is 2.27 bits per heavy atom. The third kappa shape index (κ3) is 3.37. The number of carbonyl (C=O) groups is 1. The molecule has 0 spiro atoms. The summed E-state index contributed by atoms with van der Waals surface area (Å²) in [7, 11) is 1.39. The maximum atomic E-state index is 11.1.